The number of likely N-dealkylation sites (tertiary alicyclic amines) is 1. The lowest BCUT2D eigenvalue weighted by molar-refractivity contribution is 0.0724. The largest absolute Gasteiger partial charge is 0.396 e. The van der Waals surface area contributed by atoms with Crippen LogP contribution in [0, 0.1) is 11.8 Å². The van der Waals surface area contributed by atoms with Crippen LogP contribution in [0.3, 0.4) is 0 Å². The first-order valence-electron chi connectivity index (χ1n) is 7.38. The standard InChI is InChI=1S/C17H21NO3/c19-12-2-4-14-7-9-15(10-8-14)17(21)18-11-1-5-16(18)6-3-13-20/h7-10,16,19-20H,1,3,5-6,11-13H2. The molecule has 112 valence electrons. The summed E-state index contributed by atoms with van der Waals surface area (Å²) in [7, 11) is 0. The van der Waals surface area contributed by atoms with E-state index in [-0.39, 0.29) is 25.2 Å². The molecule has 21 heavy (non-hydrogen) atoms. The van der Waals surface area contributed by atoms with Gasteiger partial charge in [0.2, 0.25) is 0 Å². The van der Waals surface area contributed by atoms with Crippen LogP contribution < -0.4 is 0 Å². The van der Waals surface area contributed by atoms with E-state index in [4.69, 9.17) is 10.2 Å². The molecule has 2 N–H and O–H groups in total. The highest BCUT2D eigenvalue weighted by atomic mass is 16.3. The minimum Gasteiger partial charge on any atom is -0.396 e. The van der Waals surface area contributed by atoms with Crippen molar-refractivity contribution < 1.29 is 15.0 Å². The third-order valence-corrected chi connectivity index (χ3v) is 3.78. The van der Waals surface area contributed by atoms with Crippen LogP contribution in [-0.4, -0.2) is 46.8 Å². The van der Waals surface area contributed by atoms with Crippen LogP contribution in [0.1, 0.15) is 41.6 Å². The Morgan fingerprint density at radius 3 is 2.71 bits per heavy atom. The van der Waals surface area contributed by atoms with Gasteiger partial charge in [-0.05, 0) is 49.9 Å². The van der Waals surface area contributed by atoms with Crippen molar-refractivity contribution in [2.24, 2.45) is 0 Å². The normalized spacial score (nSPS) is 17.4. The van der Waals surface area contributed by atoms with Crippen molar-refractivity contribution in [3.63, 3.8) is 0 Å². The summed E-state index contributed by atoms with van der Waals surface area (Å²) < 4.78 is 0. The second-order valence-corrected chi connectivity index (χ2v) is 5.20. The zero-order valence-corrected chi connectivity index (χ0v) is 12.1. The molecular formula is C17H21NO3. The molecule has 1 atom stereocenters. The number of nitrogens with zero attached hydrogens (tertiary/aromatic N) is 1. The van der Waals surface area contributed by atoms with E-state index >= 15 is 0 Å². The maximum Gasteiger partial charge on any atom is 0.254 e. The Kier molecular flexibility index (Phi) is 5.79. The molecule has 1 heterocycles. The molecule has 1 aliphatic rings. The van der Waals surface area contributed by atoms with Gasteiger partial charge in [0.15, 0.2) is 0 Å². The summed E-state index contributed by atoms with van der Waals surface area (Å²) in [4.78, 5) is 14.5. The molecular weight excluding hydrogens is 266 g/mol. The van der Waals surface area contributed by atoms with Crippen LogP contribution in [0.4, 0.5) is 0 Å². The summed E-state index contributed by atoms with van der Waals surface area (Å²) >= 11 is 0. The number of benzene rings is 1. The van der Waals surface area contributed by atoms with Crippen molar-refractivity contribution in [2.45, 2.75) is 31.7 Å². The van der Waals surface area contributed by atoms with E-state index in [0.29, 0.717) is 5.56 Å². The maximum atomic E-state index is 12.5. The molecule has 0 spiro atoms. The highest BCUT2D eigenvalue weighted by Gasteiger charge is 2.28. The number of aliphatic hydroxyl groups excluding tert-OH is 2. The lowest BCUT2D eigenvalue weighted by atomic mass is 10.1. The first-order chi connectivity index (χ1) is 10.3. The second kappa shape index (κ2) is 7.82. The van der Waals surface area contributed by atoms with Crippen LogP contribution in [0.15, 0.2) is 24.3 Å². The predicted molar refractivity (Wildman–Crippen MR) is 80.8 cm³/mol. The zero-order valence-electron chi connectivity index (χ0n) is 12.1. The van der Waals surface area contributed by atoms with E-state index in [1.165, 1.54) is 0 Å². The number of carbonyl (C=O) groups excluding carboxylic acids is 1. The van der Waals surface area contributed by atoms with E-state index in [9.17, 15) is 4.79 Å². The number of aliphatic hydroxyl groups is 2. The van der Waals surface area contributed by atoms with Gasteiger partial charge >= 0.3 is 0 Å². The van der Waals surface area contributed by atoms with Gasteiger partial charge in [0.05, 0.1) is 0 Å². The maximum absolute atomic E-state index is 12.5. The molecule has 0 saturated carbocycles. The molecule has 1 saturated heterocycles. The fourth-order valence-corrected chi connectivity index (χ4v) is 2.73. The van der Waals surface area contributed by atoms with Gasteiger partial charge in [0.1, 0.15) is 6.61 Å². The smallest absolute Gasteiger partial charge is 0.254 e. The average Bonchev–Trinajstić information content (AvgIpc) is 2.99. The Morgan fingerprint density at radius 2 is 2.05 bits per heavy atom. The summed E-state index contributed by atoms with van der Waals surface area (Å²) in [5, 5.41) is 17.6. The summed E-state index contributed by atoms with van der Waals surface area (Å²) in [6.07, 6.45) is 3.65. The van der Waals surface area contributed by atoms with Gasteiger partial charge in [-0.25, -0.2) is 0 Å². The van der Waals surface area contributed by atoms with Gasteiger partial charge in [0.25, 0.3) is 5.91 Å². The molecule has 2 rings (SSSR count). The van der Waals surface area contributed by atoms with Crippen molar-refractivity contribution in [3.8, 4) is 11.8 Å². The molecule has 1 unspecified atom stereocenters. The molecule has 0 bridgehead atoms. The molecule has 4 nitrogen and oxygen atoms in total. The Balaban J connectivity index is 2.05. The first-order valence-corrected chi connectivity index (χ1v) is 7.38. The Morgan fingerprint density at radius 1 is 1.29 bits per heavy atom. The van der Waals surface area contributed by atoms with Crippen LogP contribution in [-0.2, 0) is 0 Å². The van der Waals surface area contributed by atoms with Gasteiger partial charge in [-0.2, -0.15) is 0 Å². The van der Waals surface area contributed by atoms with Gasteiger partial charge in [-0.15, -0.1) is 0 Å². The Labute approximate surface area is 125 Å². The fraction of sp³-hybridized carbons (Fsp3) is 0.471. The lowest BCUT2D eigenvalue weighted by Gasteiger charge is -2.24. The Hall–Kier alpha value is -1.83. The van der Waals surface area contributed by atoms with Gasteiger partial charge < -0.3 is 15.1 Å². The molecule has 1 fully saturated rings. The first kappa shape index (κ1) is 15.6. The van der Waals surface area contributed by atoms with E-state index in [1.807, 2.05) is 4.90 Å². The monoisotopic (exact) mass is 287 g/mol. The number of amides is 1. The van der Waals surface area contributed by atoms with E-state index in [1.54, 1.807) is 24.3 Å². The summed E-state index contributed by atoms with van der Waals surface area (Å²) in [6.45, 7) is 0.804. The van der Waals surface area contributed by atoms with Crippen molar-refractivity contribution >= 4 is 5.91 Å². The number of rotatable bonds is 4. The van der Waals surface area contributed by atoms with Gasteiger partial charge in [-0.1, -0.05) is 11.8 Å². The average molecular weight is 287 g/mol. The van der Waals surface area contributed by atoms with Gasteiger partial charge in [0, 0.05) is 30.3 Å². The third kappa shape index (κ3) is 4.07. The fourth-order valence-electron chi connectivity index (χ4n) is 2.73. The summed E-state index contributed by atoms with van der Waals surface area (Å²) in [5.74, 6) is 5.45. The lowest BCUT2D eigenvalue weighted by Crippen LogP contribution is -2.35. The topological polar surface area (TPSA) is 60.8 Å². The van der Waals surface area contributed by atoms with Crippen molar-refractivity contribution in [1.82, 2.24) is 4.90 Å². The number of hydrogen-bond acceptors (Lipinski definition) is 3. The highest BCUT2D eigenvalue weighted by Crippen LogP contribution is 2.23. The molecule has 0 aliphatic carbocycles. The van der Waals surface area contributed by atoms with Crippen LogP contribution in [0.2, 0.25) is 0 Å². The molecule has 1 aromatic rings. The molecule has 0 radical (unpaired) electrons. The van der Waals surface area contributed by atoms with E-state index in [0.717, 1.165) is 37.8 Å². The zero-order chi connectivity index (χ0) is 15.1. The van der Waals surface area contributed by atoms with Crippen LogP contribution in [0.5, 0.6) is 0 Å². The molecule has 1 aliphatic heterocycles. The summed E-state index contributed by atoms with van der Waals surface area (Å²) in [5.41, 5.74) is 1.46. The SMILES string of the molecule is O=C(c1ccc(C#CCO)cc1)N1CCCC1CCCO. The summed E-state index contributed by atoms with van der Waals surface area (Å²) in [6, 6.07) is 7.41. The number of hydrogen-bond donors (Lipinski definition) is 2. The Bertz CT molecular complexity index is 527. The van der Waals surface area contributed by atoms with E-state index < -0.39 is 0 Å². The van der Waals surface area contributed by atoms with E-state index in [2.05, 4.69) is 11.8 Å². The van der Waals surface area contributed by atoms with Crippen molar-refractivity contribution in [3.05, 3.63) is 35.4 Å². The second-order valence-electron chi connectivity index (χ2n) is 5.20. The minimum atomic E-state index is -0.166. The third-order valence-electron chi connectivity index (χ3n) is 3.78. The highest BCUT2D eigenvalue weighted by molar-refractivity contribution is 5.94. The minimum absolute atomic E-state index is 0.0529. The molecule has 0 aromatic heterocycles. The van der Waals surface area contributed by atoms with Crippen molar-refractivity contribution in [1.29, 1.82) is 0 Å². The molecule has 1 amide bonds. The predicted octanol–water partition coefficient (Wildman–Crippen LogP) is 1.41. The van der Waals surface area contributed by atoms with Crippen LogP contribution >= 0.6 is 0 Å². The number of carbonyl (C=O) groups is 1. The van der Waals surface area contributed by atoms with Gasteiger partial charge in [-0.3, -0.25) is 4.79 Å². The van der Waals surface area contributed by atoms with Crippen molar-refractivity contribution in [2.75, 3.05) is 19.8 Å². The molecule has 1 aromatic carbocycles. The molecule has 4 heteroatoms. The van der Waals surface area contributed by atoms with Crippen LogP contribution in [0.25, 0.3) is 0 Å². The quantitative estimate of drug-likeness (QED) is 0.823.